The maximum atomic E-state index is 4.27. The molecule has 0 bridgehead atoms. The Kier molecular flexibility index (Phi) is 3.56. The van der Waals surface area contributed by atoms with Gasteiger partial charge in [-0.1, -0.05) is 31.9 Å². The molecule has 0 spiro atoms. The molecule has 0 amide bonds. The van der Waals surface area contributed by atoms with Gasteiger partial charge in [0.15, 0.2) is 0 Å². The Bertz CT molecular complexity index is 494. The van der Waals surface area contributed by atoms with Crippen LogP contribution in [-0.2, 0) is 0 Å². The molecule has 0 unspecified atom stereocenters. The van der Waals surface area contributed by atoms with E-state index in [4.69, 9.17) is 0 Å². The lowest BCUT2D eigenvalue weighted by Gasteiger charge is -2.06. The fraction of sp³-hybridized carbons (Fsp3) is 0.0909. The standard InChI is InChI=1S/C11H9Br2N3/c1-7-2-3-14-11(15-7)16-10-5-8(12)4-9(13)6-10/h2-6H,1H3,(H,14,15,16). The Hall–Kier alpha value is -0.940. The molecule has 0 aliphatic heterocycles. The number of nitrogens with one attached hydrogen (secondary N) is 1. The number of hydrogen-bond donors (Lipinski definition) is 1. The average molecular weight is 343 g/mol. The fourth-order valence-corrected chi connectivity index (χ4v) is 2.56. The molecule has 0 atom stereocenters. The number of halogens is 2. The van der Waals surface area contributed by atoms with Crippen LogP contribution in [0.5, 0.6) is 0 Å². The maximum Gasteiger partial charge on any atom is 0.227 e. The monoisotopic (exact) mass is 341 g/mol. The largest absolute Gasteiger partial charge is 0.324 e. The zero-order chi connectivity index (χ0) is 11.5. The summed E-state index contributed by atoms with van der Waals surface area (Å²) in [6.07, 6.45) is 1.73. The van der Waals surface area contributed by atoms with E-state index in [2.05, 4.69) is 47.1 Å². The Morgan fingerprint density at radius 3 is 2.44 bits per heavy atom. The highest BCUT2D eigenvalue weighted by Crippen LogP contribution is 2.24. The van der Waals surface area contributed by atoms with E-state index in [1.807, 2.05) is 31.2 Å². The van der Waals surface area contributed by atoms with E-state index in [1.165, 1.54) is 0 Å². The number of aromatic nitrogens is 2. The van der Waals surface area contributed by atoms with Crippen LogP contribution in [0.1, 0.15) is 5.69 Å². The van der Waals surface area contributed by atoms with Gasteiger partial charge in [0.2, 0.25) is 5.95 Å². The fourth-order valence-electron chi connectivity index (χ4n) is 1.26. The zero-order valence-electron chi connectivity index (χ0n) is 8.54. The summed E-state index contributed by atoms with van der Waals surface area (Å²) in [5, 5.41) is 3.14. The van der Waals surface area contributed by atoms with Gasteiger partial charge in [0, 0.05) is 26.5 Å². The summed E-state index contributed by atoms with van der Waals surface area (Å²) >= 11 is 6.86. The second-order valence-electron chi connectivity index (χ2n) is 3.30. The van der Waals surface area contributed by atoms with Crippen LogP contribution in [0.15, 0.2) is 39.4 Å². The van der Waals surface area contributed by atoms with Crippen molar-refractivity contribution in [3.63, 3.8) is 0 Å². The number of rotatable bonds is 2. The first kappa shape index (κ1) is 11.5. The van der Waals surface area contributed by atoms with E-state index >= 15 is 0 Å². The van der Waals surface area contributed by atoms with Crippen LogP contribution < -0.4 is 5.32 Å². The zero-order valence-corrected chi connectivity index (χ0v) is 11.7. The van der Waals surface area contributed by atoms with Gasteiger partial charge in [0.05, 0.1) is 0 Å². The third-order valence-electron chi connectivity index (χ3n) is 1.91. The first-order valence-electron chi connectivity index (χ1n) is 4.66. The molecule has 2 aromatic rings. The molecule has 0 saturated carbocycles. The van der Waals surface area contributed by atoms with Crippen molar-refractivity contribution in [2.75, 3.05) is 5.32 Å². The van der Waals surface area contributed by atoms with E-state index in [0.717, 1.165) is 20.3 Å². The van der Waals surface area contributed by atoms with Crippen LogP contribution in [0.3, 0.4) is 0 Å². The van der Waals surface area contributed by atoms with Crippen LogP contribution in [0.25, 0.3) is 0 Å². The van der Waals surface area contributed by atoms with Crippen molar-refractivity contribution < 1.29 is 0 Å². The number of anilines is 2. The first-order chi connectivity index (χ1) is 7.63. The lowest BCUT2D eigenvalue weighted by Crippen LogP contribution is -1.97. The van der Waals surface area contributed by atoms with Crippen LogP contribution >= 0.6 is 31.9 Å². The van der Waals surface area contributed by atoms with Crippen molar-refractivity contribution in [2.45, 2.75) is 6.92 Å². The lowest BCUT2D eigenvalue weighted by molar-refractivity contribution is 1.10. The normalized spacial score (nSPS) is 10.2. The SMILES string of the molecule is Cc1ccnc(Nc2cc(Br)cc(Br)c2)n1. The van der Waals surface area contributed by atoms with Crippen molar-refractivity contribution in [1.29, 1.82) is 0 Å². The van der Waals surface area contributed by atoms with E-state index in [0.29, 0.717) is 5.95 Å². The molecule has 1 aromatic carbocycles. The van der Waals surface area contributed by atoms with E-state index in [-0.39, 0.29) is 0 Å². The smallest absolute Gasteiger partial charge is 0.227 e. The van der Waals surface area contributed by atoms with Crippen LogP contribution in [0.2, 0.25) is 0 Å². The minimum Gasteiger partial charge on any atom is -0.324 e. The molecule has 0 radical (unpaired) electrons. The summed E-state index contributed by atoms with van der Waals surface area (Å²) in [4.78, 5) is 8.42. The van der Waals surface area contributed by atoms with Gasteiger partial charge in [0.1, 0.15) is 0 Å². The summed E-state index contributed by atoms with van der Waals surface area (Å²) in [7, 11) is 0. The van der Waals surface area contributed by atoms with E-state index < -0.39 is 0 Å². The van der Waals surface area contributed by atoms with Crippen molar-refractivity contribution in [1.82, 2.24) is 9.97 Å². The maximum absolute atomic E-state index is 4.27. The highest BCUT2D eigenvalue weighted by atomic mass is 79.9. The predicted molar refractivity (Wildman–Crippen MR) is 71.9 cm³/mol. The van der Waals surface area contributed by atoms with Gasteiger partial charge in [-0.2, -0.15) is 0 Å². The number of nitrogens with zero attached hydrogens (tertiary/aromatic N) is 2. The van der Waals surface area contributed by atoms with Crippen LogP contribution in [0.4, 0.5) is 11.6 Å². The first-order valence-corrected chi connectivity index (χ1v) is 6.25. The molecule has 1 aromatic heterocycles. The summed E-state index contributed by atoms with van der Waals surface area (Å²) in [6, 6.07) is 7.77. The van der Waals surface area contributed by atoms with E-state index in [1.54, 1.807) is 6.20 Å². The summed E-state index contributed by atoms with van der Waals surface area (Å²) in [5.74, 6) is 0.602. The number of hydrogen-bond acceptors (Lipinski definition) is 3. The molecule has 3 nitrogen and oxygen atoms in total. The molecule has 1 N–H and O–H groups in total. The summed E-state index contributed by atoms with van der Waals surface area (Å²) in [6.45, 7) is 1.93. The molecule has 2 rings (SSSR count). The molecule has 1 heterocycles. The molecule has 5 heteroatoms. The van der Waals surface area contributed by atoms with Crippen molar-refractivity contribution in [2.24, 2.45) is 0 Å². The molecular weight excluding hydrogens is 334 g/mol. The topological polar surface area (TPSA) is 37.8 Å². The van der Waals surface area contributed by atoms with Crippen molar-refractivity contribution >= 4 is 43.5 Å². The molecule has 0 aliphatic carbocycles. The third-order valence-corrected chi connectivity index (χ3v) is 2.83. The van der Waals surface area contributed by atoms with Crippen LogP contribution in [-0.4, -0.2) is 9.97 Å². The van der Waals surface area contributed by atoms with Gasteiger partial charge in [-0.15, -0.1) is 0 Å². The molecule has 0 fully saturated rings. The highest BCUT2D eigenvalue weighted by Gasteiger charge is 2.00. The number of aryl methyl sites for hydroxylation is 1. The summed E-state index contributed by atoms with van der Waals surface area (Å²) in [5.41, 5.74) is 1.87. The van der Waals surface area contributed by atoms with Crippen molar-refractivity contribution in [3.8, 4) is 0 Å². The van der Waals surface area contributed by atoms with Gasteiger partial charge in [-0.25, -0.2) is 9.97 Å². The Morgan fingerprint density at radius 1 is 1.12 bits per heavy atom. The van der Waals surface area contributed by atoms with Gasteiger partial charge in [-0.3, -0.25) is 0 Å². The van der Waals surface area contributed by atoms with Gasteiger partial charge < -0.3 is 5.32 Å². The van der Waals surface area contributed by atoms with Gasteiger partial charge >= 0.3 is 0 Å². The quantitative estimate of drug-likeness (QED) is 0.894. The predicted octanol–water partition coefficient (Wildman–Crippen LogP) is 4.05. The van der Waals surface area contributed by atoms with Crippen LogP contribution in [0, 0.1) is 6.92 Å². The molecular formula is C11H9Br2N3. The van der Waals surface area contributed by atoms with Gasteiger partial charge in [-0.05, 0) is 31.2 Å². The molecule has 82 valence electrons. The second kappa shape index (κ2) is 4.93. The Labute approximate surface area is 111 Å². The Morgan fingerprint density at radius 2 is 1.81 bits per heavy atom. The van der Waals surface area contributed by atoms with Crippen molar-refractivity contribution in [3.05, 3.63) is 45.1 Å². The highest BCUT2D eigenvalue weighted by molar-refractivity contribution is 9.11. The lowest BCUT2D eigenvalue weighted by atomic mass is 10.3. The average Bonchev–Trinajstić information content (AvgIpc) is 2.15. The van der Waals surface area contributed by atoms with Gasteiger partial charge in [0.25, 0.3) is 0 Å². The minimum absolute atomic E-state index is 0.602. The summed E-state index contributed by atoms with van der Waals surface area (Å²) < 4.78 is 1.99. The molecule has 0 saturated heterocycles. The Balaban J connectivity index is 2.27. The molecule has 0 aliphatic rings. The minimum atomic E-state index is 0.602. The second-order valence-corrected chi connectivity index (χ2v) is 5.14. The third kappa shape index (κ3) is 3.02. The molecule has 16 heavy (non-hydrogen) atoms. The van der Waals surface area contributed by atoms with E-state index in [9.17, 15) is 0 Å². The number of benzene rings is 1.